The first kappa shape index (κ1) is 14.2. The van der Waals surface area contributed by atoms with Crippen LogP contribution in [0.25, 0.3) is 0 Å². The Bertz CT molecular complexity index is 228. The van der Waals surface area contributed by atoms with Crippen LogP contribution in [0.4, 0.5) is 0 Å². The third kappa shape index (κ3) is 5.57. The molecule has 1 atom stereocenters. The highest BCUT2D eigenvalue weighted by Crippen LogP contribution is 2.09. The van der Waals surface area contributed by atoms with Crippen LogP contribution < -0.4 is 5.32 Å². The summed E-state index contributed by atoms with van der Waals surface area (Å²) in [6, 6.07) is 0. The van der Waals surface area contributed by atoms with Gasteiger partial charge in [-0.2, -0.15) is 0 Å². The van der Waals surface area contributed by atoms with Crippen LogP contribution in [0, 0.1) is 0 Å². The zero-order valence-corrected chi connectivity index (χ0v) is 10.8. The summed E-state index contributed by atoms with van der Waals surface area (Å²) >= 11 is 0. The maximum atomic E-state index is 11.5. The van der Waals surface area contributed by atoms with Crippen molar-refractivity contribution in [1.82, 2.24) is 5.32 Å². The predicted molar refractivity (Wildman–Crippen MR) is 64.3 cm³/mol. The summed E-state index contributed by atoms with van der Waals surface area (Å²) in [5.41, 5.74) is 0.574. The van der Waals surface area contributed by atoms with Gasteiger partial charge in [-0.05, 0) is 13.3 Å². The number of amides is 1. The van der Waals surface area contributed by atoms with E-state index in [-0.39, 0.29) is 12.1 Å². The lowest BCUT2D eigenvalue weighted by Gasteiger charge is -2.34. The van der Waals surface area contributed by atoms with Gasteiger partial charge in [-0.25, -0.2) is 0 Å². The molecule has 0 aromatic carbocycles. The van der Waals surface area contributed by atoms with E-state index in [1.807, 2.05) is 0 Å². The fraction of sp³-hybridized carbons (Fsp3) is 0.750. The van der Waals surface area contributed by atoms with Crippen molar-refractivity contribution in [3.63, 3.8) is 0 Å². The van der Waals surface area contributed by atoms with Crippen molar-refractivity contribution >= 4 is 5.91 Å². The Hall–Kier alpha value is -0.830. The molecule has 0 saturated heterocycles. The molecule has 0 aromatic rings. The normalized spacial score (nSPS) is 13.4. The highest BCUT2D eigenvalue weighted by atomic mass is 16.1. The molecule has 3 heteroatoms. The van der Waals surface area contributed by atoms with Gasteiger partial charge in [0.15, 0.2) is 6.17 Å². The number of rotatable bonds is 6. The Morgan fingerprint density at radius 3 is 2.27 bits per heavy atom. The molecular weight excluding hydrogens is 188 g/mol. The summed E-state index contributed by atoms with van der Waals surface area (Å²) in [7, 11) is 6.29. The first-order chi connectivity index (χ1) is 6.79. The van der Waals surface area contributed by atoms with Crippen LogP contribution in [0.2, 0.25) is 0 Å². The molecule has 0 saturated carbocycles. The summed E-state index contributed by atoms with van der Waals surface area (Å²) in [5, 5.41) is 3.02. The molecular formula is C12H25N2O+. The molecule has 0 bridgehead atoms. The maximum absolute atomic E-state index is 11.5. The average molecular weight is 213 g/mol. The van der Waals surface area contributed by atoms with E-state index < -0.39 is 0 Å². The van der Waals surface area contributed by atoms with E-state index >= 15 is 0 Å². The predicted octanol–water partition coefficient (Wildman–Crippen LogP) is 1.90. The largest absolute Gasteiger partial charge is 0.311 e. The fourth-order valence-corrected chi connectivity index (χ4v) is 1.33. The number of hydrogen-bond donors (Lipinski definition) is 1. The minimum atomic E-state index is -0.0378. The Labute approximate surface area is 93.7 Å². The fourth-order valence-electron chi connectivity index (χ4n) is 1.33. The lowest BCUT2D eigenvalue weighted by Crippen LogP contribution is -2.55. The summed E-state index contributed by atoms with van der Waals surface area (Å²) in [6.07, 6.45) is 3.48. The Morgan fingerprint density at radius 2 is 1.93 bits per heavy atom. The van der Waals surface area contributed by atoms with Crippen LogP contribution in [0.15, 0.2) is 12.2 Å². The first-order valence-corrected chi connectivity index (χ1v) is 5.56. The quantitative estimate of drug-likeness (QED) is 0.407. The standard InChI is InChI=1S/C12H24N2O/c1-7-8-9-11(14(4,5)6)13-12(15)10(2)3/h11H,2,7-9H2,1,3-6H3/p+1. The lowest BCUT2D eigenvalue weighted by atomic mass is 10.1. The van der Waals surface area contributed by atoms with E-state index in [0.29, 0.717) is 5.57 Å². The van der Waals surface area contributed by atoms with E-state index in [2.05, 4.69) is 40.0 Å². The van der Waals surface area contributed by atoms with E-state index in [1.54, 1.807) is 6.92 Å². The van der Waals surface area contributed by atoms with Crippen LogP contribution in [0.3, 0.4) is 0 Å². The highest BCUT2D eigenvalue weighted by molar-refractivity contribution is 5.92. The lowest BCUT2D eigenvalue weighted by molar-refractivity contribution is -0.898. The number of carbonyl (C=O) groups excluding carboxylic acids is 1. The first-order valence-electron chi connectivity index (χ1n) is 5.56. The van der Waals surface area contributed by atoms with Gasteiger partial charge in [0.2, 0.25) is 0 Å². The Morgan fingerprint density at radius 1 is 1.40 bits per heavy atom. The van der Waals surface area contributed by atoms with Gasteiger partial charge in [0, 0.05) is 12.0 Å². The number of quaternary nitrogens is 1. The Kier molecular flexibility index (Phi) is 5.58. The van der Waals surface area contributed by atoms with Gasteiger partial charge in [0.05, 0.1) is 21.1 Å². The van der Waals surface area contributed by atoms with Gasteiger partial charge in [-0.15, -0.1) is 0 Å². The zero-order chi connectivity index (χ0) is 12.1. The molecule has 0 spiro atoms. The smallest absolute Gasteiger partial charge is 0.250 e. The van der Waals surface area contributed by atoms with Crippen molar-refractivity contribution in [2.75, 3.05) is 21.1 Å². The molecule has 15 heavy (non-hydrogen) atoms. The van der Waals surface area contributed by atoms with Crippen molar-refractivity contribution in [3.8, 4) is 0 Å². The molecule has 0 aliphatic heterocycles. The molecule has 0 fully saturated rings. The second-order valence-corrected chi connectivity index (χ2v) is 5.03. The minimum Gasteiger partial charge on any atom is -0.311 e. The molecule has 0 aromatic heterocycles. The van der Waals surface area contributed by atoms with Gasteiger partial charge < -0.3 is 9.80 Å². The molecule has 0 radical (unpaired) electrons. The van der Waals surface area contributed by atoms with Gasteiger partial charge in [-0.3, -0.25) is 4.79 Å². The molecule has 3 nitrogen and oxygen atoms in total. The van der Waals surface area contributed by atoms with Crippen LogP contribution in [0.1, 0.15) is 33.1 Å². The zero-order valence-electron chi connectivity index (χ0n) is 10.8. The molecule has 0 rings (SSSR count). The number of nitrogens with one attached hydrogen (secondary N) is 1. The van der Waals surface area contributed by atoms with Gasteiger partial charge >= 0.3 is 0 Å². The highest BCUT2D eigenvalue weighted by Gasteiger charge is 2.24. The third-order valence-corrected chi connectivity index (χ3v) is 2.45. The van der Waals surface area contributed by atoms with Crippen LogP contribution in [0.5, 0.6) is 0 Å². The van der Waals surface area contributed by atoms with Crippen molar-refractivity contribution < 1.29 is 9.28 Å². The molecule has 0 aliphatic rings. The monoisotopic (exact) mass is 213 g/mol. The third-order valence-electron chi connectivity index (χ3n) is 2.45. The number of unbranched alkanes of at least 4 members (excludes halogenated alkanes) is 1. The number of carbonyl (C=O) groups is 1. The van der Waals surface area contributed by atoms with Gasteiger partial charge in [-0.1, -0.05) is 19.9 Å². The van der Waals surface area contributed by atoms with Crippen LogP contribution in [-0.2, 0) is 4.79 Å². The number of nitrogens with zero attached hydrogens (tertiary/aromatic N) is 1. The molecule has 88 valence electrons. The van der Waals surface area contributed by atoms with Crippen molar-refractivity contribution in [2.24, 2.45) is 0 Å². The van der Waals surface area contributed by atoms with Crippen LogP contribution in [-0.4, -0.2) is 37.7 Å². The summed E-state index contributed by atoms with van der Waals surface area (Å²) in [5.74, 6) is -0.0378. The molecule has 0 aliphatic carbocycles. The van der Waals surface area contributed by atoms with E-state index in [4.69, 9.17) is 0 Å². The maximum Gasteiger partial charge on any atom is 0.250 e. The average Bonchev–Trinajstić information content (AvgIpc) is 2.09. The summed E-state index contributed by atoms with van der Waals surface area (Å²) in [6.45, 7) is 7.55. The van der Waals surface area contributed by atoms with E-state index in [1.165, 1.54) is 0 Å². The topological polar surface area (TPSA) is 29.1 Å². The van der Waals surface area contributed by atoms with Crippen molar-refractivity contribution in [1.29, 1.82) is 0 Å². The molecule has 0 heterocycles. The van der Waals surface area contributed by atoms with Crippen molar-refractivity contribution in [3.05, 3.63) is 12.2 Å². The second-order valence-electron chi connectivity index (χ2n) is 5.03. The minimum absolute atomic E-state index is 0.0378. The SMILES string of the molecule is C=C(C)C(=O)NC(CCCC)[N+](C)(C)C. The van der Waals surface area contributed by atoms with Gasteiger partial charge in [0.1, 0.15) is 0 Å². The van der Waals surface area contributed by atoms with Crippen LogP contribution >= 0.6 is 0 Å². The van der Waals surface area contributed by atoms with E-state index in [9.17, 15) is 4.79 Å². The van der Waals surface area contributed by atoms with E-state index in [0.717, 1.165) is 23.7 Å². The summed E-state index contributed by atoms with van der Waals surface area (Å²) < 4.78 is 0.749. The molecule has 1 N–H and O–H groups in total. The number of hydrogen-bond acceptors (Lipinski definition) is 1. The summed E-state index contributed by atoms with van der Waals surface area (Å²) in [4.78, 5) is 11.5. The van der Waals surface area contributed by atoms with Crippen molar-refractivity contribution in [2.45, 2.75) is 39.3 Å². The molecule has 1 unspecified atom stereocenters. The van der Waals surface area contributed by atoms with Gasteiger partial charge in [0.25, 0.3) is 5.91 Å². The Balaban J connectivity index is 4.38. The second kappa shape index (κ2) is 5.91. The molecule has 1 amide bonds.